The number of hydrogen-bond donors (Lipinski definition) is 0. The standard InChI is InChI=1S/C19H14Cl2F4N2O3S/c1-8-10-6-27(7-13(10)31-16(8)17(28)29-2)14-5-18(30-26-14,19(23,24)25)9-3-11(20)15(22)12(21)4-9/h3-4H,5-7H2,1-2H3. The maximum atomic E-state index is 14.1. The normalized spacial score (nSPS) is 20.5. The number of benzene rings is 1. The molecule has 2 aromatic rings. The van der Waals surface area contributed by atoms with E-state index in [1.165, 1.54) is 18.4 Å². The fourth-order valence-corrected chi connectivity index (χ4v) is 5.42. The summed E-state index contributed by atoms with van der Waals surface area (Å²) in [4.78, 5) is 19.8. The number of rotatable bonds is 2. The van der Waals surface area contributed by atoms with Gasteiger partial charge in [0.25, 0.3) is 5.60 Å². The Morgan fingerprint density at radius 3 is 2.48 bits per heavy atom. The van der Waals surface area contributed by atoms with Gasteiger partial charge in [-0.2, -0.15) is 13.2 Å². The van der Waals surface area contributed by atoms with E-state index in [1.807, 2.05) is 0 Å². The molecule has 166 valence electrons. The van der Waals surface area contributed by atoms with Crippen LogP contribution in [0.2, 0.25) is 10.0 Å². The smallest absolute Gasteiger partial charge is 0.435 e. The summed E-state index contributed by atoms with van der Waals surface area (Å²) in [6.45, 7) is 2.31. The second kappa shape index (κ2) is 7.53. The minimum Gasteiger partial charge on any atom is -0.465 e. The van der Waals surface area contributed by atoms with Gasteiger partial charge in [-0.25, -0.2) is 9.18 Å². The number of thiophene rings is 1. The lowest BCUT2D eigenvalue weighted by molar-refractivity contribution is -0.275. The zero-order chi connectivity index (χ0) is 22.7. The van der Waals surface area contributed by atoms with Crippen molar-refractivity contribution < 1.29 is 31.9 Å². The predicted molar refractivity (Wildman–Crippen MR) is 107 cm³/mol. The molecule has 1 atom stereocenters. The van der Waals surface area contributed by atoms with Gasteiger partial charge < -0.3 is 14.5 Å². The van der Waals surface area contributed by atoms with Gasteiger partial charge in [0.05, 0.1) is 30.1 Å². The topological polar surface area (TPSA) is 51.1 Å². The second-order valence-electron chi connectivity index (χ2n) is 7.16. The minimum absolute atomic E-state index is 0.0799. The molecule has 0 spiro atoms. The minimum atomic E-state index is -4.87. The third kappa shape index (κ3) is 3.44. The first kappa shape index (κ1) is 22.2. The number of carbonyl (C=O) groups is 1. The van der Waals surface area contributed by atoms with Crippen LogP contribution in [0.3, 0.4) is 0 Å². The first-order valence-electron chi connectivity index (χ1n) is 8.89. The van der Waals surface area contributed by atoms with Crippen molar-refractivity contribution in [2.24, 2.45) is 5.16 Å². The van der Waals surface area contributed by atoms with Crippen molar-refractivity contribution in [1.29, 1.82) is 0 Å². The number of fused-ring (bicyclic) bond motifs is 1. The highest BCUT2D eigenvalue weighted by atomic mass is 35.5. The molecular formula is C19H14Cl2F4N2O3S. The summed E-state index contributed by atoms with van der Waals surface area (Å²) >= 11 is 12.7. The molecule has 5 nitrogen and oxygen atoms in total. The Morgan fingerprint density at radius 1 is 1.29 bits per heavy atom. The maximum Gasteiger partial charge on any atom is 0.435 e. The van der Waals surface area contributed by atoms with Gasteiger partial charge in [-0.3, -0.25) is 0 Å². The van der Waals surface area contributed by atoms with Crippen molar-refractivity contribution in [2.75, 3.05) is 7.11 Å². The Hall–Kier alpha value is -2.04. The van der Waals surface area contributed by atoms with E-state index < -0.39 is 45.6 Å². The van der Waals surface area contributed by atoms with Crippen molar-refractivity contribution in [3.8, 4) is 0 Å². The zero-order valence-corrected chi connectivity index (χ0v) is 18.4. The molecule has 1 unspecified atom stereocenters. The summed E-state index contributed by atoms with van der Waals surface area (Å²) in [6.07, 6.45) is -5.51. The molecular weight excluding hydrogens is 483 g/mol. The Kier molecular flexibility index (Phi) is 5.38. The number of oxime groups is 1. The van der Waals surface area contributed by atoms with E-state index >= 15 is 0 Å². The van der Waals surface area contributed by atoms with Crippen LogP contribution >= 0.6 is 34.5 Å². The van der Waals surface area contributed by atoms with Crippen LogP contribution in [0.5, 0.6) is 0 Å². The van der Waals surface area contributed by atoms with E-state index in [0.29, 0.717) is 4.88 Å². The molecule has 1 aromatic heterocycles. The van der Waals surface area contributed by atoms with Crippen LogP contribution in [0.4, 0.5) is 17.6 Å². The van der Waals surface area contributed by atoms with E-state index in [-0.39, 0.29) is 18.9 Å². The number of nitrogens with zero attached hydrogens (tertiary/aromatic N) is 2. The molecule has 0 amide bonds. The monoisotopic (exact) mass is 496 g/mol. The first-order chi connectivity index (χ1) is 14.5. The predicted octanol–water partition coefficient (Wildman–Crippen LogP) is 5.80. The molecule has 0 bridgehead atoms. The number of ether oxygens (including phenoxy) is 1. The highest BCUT2D eigenvalue weighted by molar-refractivity contribution is 7.14. The molecule has 4 rings (SSSR count). The third-order valence-corrected chi connectivity index (χ3v) is 7.25. The van der Waals surface area contributed by atoms with Crippen molar-refractivity contribution in [2.45, 2.75) is 38.2 Å². The second-order valence-corrected chi connectivity index (χ2v) is 9.08. The number of alkyl halides is 3. The van der Waals surface area contributed by atoms with Gasteiger partial charge in [0, 0.05) is 17.0 Å². The van der Waals surface area contributed by atoms with Crippen molar-refractivity contribution >= 4 is 46.3 Å². The van der Waals surface area contributed by atoms with Crippen LogP contribution < -0.4 is 0 Å². The summed E-state index contributed by atoms with van der Waals surface area (Å²) in [5.74, 6) is -1.38. The van der Waals surface area contributed by atoms with Crippen molar-refractivity contribution in [1.82, 2.24) is 4.90 Å². The van der Waals surface area contributed by atoms with Crippen molar-refractivity contribution in [3.63, 3.8) is 0 Å². The summed E-state index contributed by atoms with van der Waals surface area (Å²) in [7, 11) is 1.29. The average Bonchev–Trinajstić information content (AvgIpc) is 3.39. The molecule has 0 radical (unpaired) electrons. The van der Waals surface area contributed by atoms with Gasteiger partial charge in [0.2, 0.25) is 0 Å². The molecule has 1 aromatic carbocycles. The van der Waals surface area contributed by atoms with Gasteiger partial charge in [0.15, 0.2) is 5.82 Å². The Bertz CT molecular complexity index is 1100. The summed E-state index contributed by atoms with van der Waals surface area (Å²) in [6, 6.07) is 1.70. The van der Waals surface area contributed by atoms with Crippen LogP contribution in [-0.4, -0.2) is 30.0 Å². The van der Waals surface area contributed by atoms with Crippen LogP contribution in [0.1, 0.15) is 37.7 Å². The van der Waals surface area contributed by atoms with Crippen LogP contribution in [0.15, 0.2) is 17.3 Å². The van der Waals surface area contributed by atoms with Crippen LogP contribution in [-0.2, 0) is 28.3 Å². The molecule has 0 aliphatic carbocycles. The van der Waals surface area contributed by atoms with Gasteiger partial charge >= 0.3 is 12.1 Å². The number of carbonyl (C=O) groups excluding carboxylic acids is 1. The highest BCUT2D eigenvalue weighted by Crippen LogP contribution is 2.50. The van der Waals surface area contributed by atoms with E-state index in [4.69, 9.17) is 32.8 Å². The van der Waals surface area contributed by atoms with Gasteiger partial charge in [0.1, 0.15) is 10.7 Å². The molecule has 0 saturated heterocycles. The summed E-state index contributed by atoms with van der Waals surface area (Å²) < 4.78 is 60.9. The van der Waals surface area contributed by atoms with Crippen molar-refractivity contribution in [3.05, 3.63) is 54.4 Å². The maximum absolute atomic E-state index is 14.1. The molecule has 3 heterocycles. The van der Waals surface area contributed by atoms with Gasteiger partial charge in [-0.05, 0) is 30.2 Å². The summed E-state index contributed by atoms with van der Waals surface area (Å²) in [5, 5.41) is 2.63. The number of methoxy groups -OCH3 is 1. The lowest BCUT2D eigenvalue weighted by Gasteiger charge is -2.30. The number of amidine groups is 1. The molecule has 0 fully saturated rings. The average molecular weight is 497 g/mol. The first-order valence-corrected chi connectivity index (χ1v) is 10.5. The Labute approximate surface area is 188 Å². The molecule has 2 aliphatic rings. The molecule has 2 aliphatic heterocycles. The summed E-state index contributed by atoms with van der Waals surface area (Å²) in [5.41, 5.74) is -1.70. The number of halogens is 6. The Morgan fingerprint density at radius 2 is 1.94 bits per heavy atom. The van der Waals surface area contributed by atoms with E-state index in [2.05, 4.69) is 5.16 Å². The number of hydrogen-bond acceptors (Lipinski definition) is 6. The SMILES string of the molecule is COC(=O)c1sc2c(c1C)CN(C1=NOC(c3cc(Cl)c(F)c(Cl)c3)(C(F)(F)F)C1)C2. The van der Waals surface area contributed by atoms with Crippen LogP contribution in [0, 0.1) is 12.7 Å². The molecule has 0 N–H and O–H groups in total. The lowest BCUT2D eigenvalue weighted by atomic mass is 9.89. The third-order valence-electron chi connectivity index (χ3n) is 5.40. The largest absolute Gasteiger partial charge is 0.465 e. The van der Waals surface area contributed by atoms with E-state index in [1.54, 1.807) is 11.8 Å². The number of esters is 1. The Balaban J connectivity index is 1.62. The molecule has 31 heavy (non-hydrogen) atoms. The fraction of sp³-hybridized carbons (Fsp3) is 0.368. The van der Waals surface area contributed by atoms with Gasteiger partial charge in [-0.15, -0.1) is 11.3 Å². The quantitative estimate of drug-likeness (QED) is 0.299. The molecule has 0 saturated carbocycles. The van der Waals surface area contributed by atoms with E-state index in [9.17, 15) is 22.4 Å². The zero-order valence-electron chi connectivity index (χ0n) is 16.1. The molecule has 12 heteroatoms. The fourth-order valence-electron chi connectivity index (χ4n) is 3.68. The lowest BCUT2D eigenvalue weighted by Crippen LogP contribution is -2.44. The van der Waals surface area contributed by atoms with E-state index in [0.717, 1.165) is 28.1 Å². The van der Waals surface area contributed by atoms with Crippen LogP contribution in [0.25, 0.3) is 0 Å². The van der Waals surface area contributed by atoms with Gasteiger partial charge in [-0.1, -0.05) is 28.4 Å². The highest BCUT2D eigenvalue weighted by Gasteiger charge is 2.63.